The number of nitrogens with one attached hydrogen (secondary N) is 1. The van der Waals surface area contributed by atoms with E-state index in [1.807, 2.05) is 58.7 Å². The van der Waals surface area contributed by atoms with Gasteiger partial charge < -0.3 is 10.1 Å². The Kier molecular flexibility index (Phi) is 5.81. The van der Waals surface area contributed by atoms with Crippen LogP contribution in [0.1, 0.15) is 25.8 Å². The summed E-state index contributed by atoms with van der Waals surface area (Å²) in [4.78, 5) is 17.3. The minimum Gasteiger partial charge on any atom is -0.482 e. The van der Waals surface area contributed by atoms with Gasteiger partial charge in [0, 0.05) is 17.2 Å². The molecule has 0 aliphatic carbocycles. The van der Waals surface area contributed by atoms with E-state index >= 15 is 0 Å². The Labute approximate surface area is 179 Å². The normalized spacial score (nSPS) is 14.1. The molecule has 1 N–H and O–H groups in total. The first kappa shape index (κ1) is 20.1. The molecule has 7 heteroatoms. The highest BCUT2D eigenvalue weighted by Gasteiger charge is 2.17. The Bertz CT molecular complexity index is 1160. The monoisotopic (exact) mass is 420 g/mol. The van der Waals surface area contributed by atoms with Crippen molar-refractivity contribution in [3.05, 3.63) is 58.2 Å². The second-order valence-electron chi connectivity index (χ2n) is 7.64. The number of anilines is 1. The fraction of sp³-hybridized carbons (Fsp3) is 0.261. The van der Waals surface area contributed by atoms with Crippen LogP contribution in [0.4, 0.5) is 11.4 Å². The zero-order valence-electron chi connectivity index (χ0n) is 17.3. The zero-order valence-corrected chi connectivity index (χ0v) is 18.1. The smallest absolute Gasteiger partial charge is 0.262 e. The van der Waals surface area contributed by atoms with Gasteiger partial charge in [0.25, 0.3) is 5.91 Å². The van der Waals surface area contributed by atoms with Crippen LogP contribution in [0.15, 0.2) is 57.9 Å². The third-order valence-electron chi connectivity index (χ3n) is 4.63. The first-order chi connectivity index (χ1) is 14.5. The van der Waals surface area contributed by atoms with Gasteiger partial charge in [0.05, 0.1) is 17.1 Å². The summed E-state index contributed by atoms with van der Waals surface area (Å²) < 4.78 is 7.34. The van der Waals surface area contributed by atoms with Gasteiger partial charge in [-0.2, -0.15) is 5.10 Å². The number of hydrogen-bond donors (Lipinski definition) is 1. The molecule has 2 aromatic carbocycles. The summed E-state index contributed by atoms with van der Waals surface area (Å²) in [7, 11) is 0. The molecule has 1 aliphatic rings. The number of aryl methyl sites for hydroxylation is 1. The standard InChI is InChI=1S/C23H24N4O2S/c1-15(2)10-11-24-27-20(14-30-23(27)25-18-7-4-16(3)5-8-18)17-6-9-21-19(12-17)26-22(28)13-29-21/h4-9,11-12,14-15H,10,13H2,1-3H3,(H,26,28). The Hall–Kier alpha value is -3.19. The topological polar surface area (TPSA) is 68.0 Å². The van der Waals surface area contributed by atoms with Gasteiger partial charge in [-0.3, -0.25) is 4.79 Å². The van der Waals surface area contributed by atoms with Gasteiger partial charge in [0.1, 0.15) is 5.75 Å². The van der Waals surface area contributed by atoms with Crippen molar-refractivity contribution in [2.24, 2.45) is 16.0 Å². The Morgan fingerprint density at radius 3 is 2.80 bits per heavy atom. The first-order valence-corrected chi connectivity index (χ1v) is 10.8. The molecule has 0 radical (unpaired) electrons. The van der Waals surface area contributed by atoms with Crippen molar-refractivity contribution in [1.29, 1.82) is 0 Å². The summed E-state index contributed by atoms with van der Waals surface area (Å²) in [5, 5.41) is 9.62. The highest BCUT2D eigenvalue weighted by atomic mass is 32.1. The van der Waals surface area contributed by atoms with Crippen LogP contribution in [0.25, 0.3) is 11.3 Å². The van der Waals surface area contributed by atoms with Crippen molar-refractivity contribution < 1.29 is 9.53 Å². The van der Waals surface area contributed by atoms with Gasteiger partial charge in [-0.15, -0.1) is 11.3 Å². The van der Waals surface area contributed by atoms with E-state index in [4.69, 9.17) is 14.8 Å². The van der Waals surface area contributed by atoms with E-state index in [0.717, 1.165) is 28.2 Å². The van der Waals surface area contributed by atoms with E-state index in [-0.39, 0.29) is 12.5 Å². The molecule has 0 saturated carbocycles. The number of aromatic nitrogens is 1. The lowest BCUT2D eigenvalue weighted by Gasteiger charge is -2.18. The summed E-state index contributed by atoms with van der Waals surface area (Å²) in [6.07, 6.45) is 2.80. The van der Waals surface area contributed by atoms with Crippen LogP contribution in [0.2, 0.25) is 0 Å². The number of hydrogen-bond acceptors (Lipinski definition) is 5. The minimum absolute atomic E-state index is 0.0455. The second-order valence-corrected chi connectivity index (χ2v) is 8.47. The van der Waals surface area contributed by atoms with Gasteiger partial charge in [-0.25, -0.2) is 9.67 Å². The molecule has 0 saturated heterocycles. The molecule has 6 nitrogen and oxygen atoms in total. The molecule has 1 aromatic heterocycles. The van der Waals surface area contributed by atoms with Crippen molar-refractivity contribution in [3.63, 3.8) is 0 Å². The maximum atomic E-state index is 11.7. The van der Waals surface area contributed by atoms with Crippen LogP contribution in [-0.4, -0.2) is 23.4 Å². The van der Waals surface area contributed by atoms with Crippen LogP contribution >= 0.6 is 11.3 Å². The summed E-state index contributed by atoms with van der Waals surface area (Å²) in [5.41, 5.74) is 4.59. The molecule has 0 fully saturated rings. The highest BCUT2D eigenvalue weighted by molar-refractivity contribution is 7.07. The van der Waals surface area contributed by atoms with Gasteiger partial charge in [0.2, 0.25) is 4.80 Å². The van der Waals surface area contributed by atoms with E-state index in [1.54, 1.807) is 0 Å². The Balaban J connectivity index is 1.79. The molecule has 30 heavy (non-hydrogen) atoms. The molecule has 2 heterocycles. The number of benzene rings is 2. The van der Waals surface area contributed by atoms with Crippen LogP contribution in [-0.2, 0) is 4.79 Å². The lowest BCUT2D eigenvalue weighted by atomic mass is 10.1. The van der Waals surface area contributed by atoms with Crippen molar-refractivity contribution in [2.75, 3.05) is 11.9 Å². The average Bonchev–Trinajstić information content (AvgIpc) is 3.11. The number of carbonyl (C=O) groups is 1. The molecular weight excluding hydrogens is 396 g/mol. The number of rotatable bonds is 5. The fourth-order valence-corrected chi connectivity index (χ4v) is 3.86. The third kappa shape index (κ3) is 4.52. The molecule has 4 rings (SSSR count). The molecule has 0 bridgehead atoms. The van der Waals surface area contributed by atoms with Gasteiger partial charge in [-0.1, -0.05) is 31.5 Å². The number of ether oxygens (including phenoxy) is 1. The predicted octanol–water partition coefficient (Wildman–Crippen LogP) is 4.97. The molecular formula is C23H24N4O2S. The number of amides is 1. The van der Waals surface area contributed by atoms with E-state index < -0.39 is 0 Å². The molecule has 0 atom stereocenters. The predicted molar refractivity (Wildman–Crippen MR) is 122 cm³/mol. The first-order valence-electron chi connectivity index (χ1n) is 9.91. The van der Waals surface area contributed by atoms with E-state index in [9.17, 15) is 4.79 Å². The summed E-state index contributed by atoms with van der Waals surface area (Å²) >= 11 is 1.53. The maximum absolute atomic E-state index is 11.7. The lowest BCUT2D eigenvalue weighted by molar-refractivity contribution is -0.118. The molecule has 0 spiro atoms. The zero-order chi connectivity index (χ0) is 21.1. The van der Waals surface area contributed by atoms with Gasteiger partial charge >= 0.3 is 0 Å². The van der Waals surface area contributed by atoms with Crippen LogP contribution in [0, 0.1) is 12.8 Å². The highest BCUT2D eigenvalue weighted by Crippen LogP contribution is 2.33. The van der Waals surface area contributed by atoms with Crippen LogP contribution in [0.5, 0.6) is 5.75 Å². The molecule has 1 aliphatic heterocycles. The minimum atomic E-state index is -0.150. The Morgan fingerprint density at radius 1 is 1.23 bits per heavy atom. The largest absolute Gasteiger partial charge is 0.482 e. The second kappa shape index (κ2) is 8.67. The Morgan fingerprint density at radius 2 is 2.03 bits per heavy atom. The van der Waals surface area contributed by atoms with E-state index in [0.29, 0.717) is 17.4 Å². The van der Waals surface area contributed by atoms with Crippen molar-refractivity contribution in [1.82, 2.24) is 4.68 Å². The van der Waals surface area contributed by atoms with E-state index in [2.05, 4.69) is 26.1 Å². The summed E-state index contributed by atoms with van der Waals surface area (Å²) in [5.74, 6) is 1.04. The molecule has 154 valence electrons. The van der Waals surface area contributed by atoms with Crippen molar-refractivity contribution in [2.45, 2.75) is 27.2 Å². The summed E-state index contributed by atoms with van der Waals surface area (Å²) in [6.45, 7) is 6.43. The number of carbonyl (C=O) groups excluding carboxylic acids is 1. The maximum Gasteiger partial charge on any atom is 0.262 e. The molecule has 3 aromatic rings. The summed E-state index contributed by atoms with van der Waals surface area (Å²) in [6, 6.07) is 13.9. The van der Waals surface area contributed by atoms with Crippen LogP contribution < -0.4 is 14.9 Å². The molecule has 1 amide bonds. The van der Waals surface area contributed by atoms with Crippen LogP contribution in [0.3, 0.4) is 0 Å². The number of nitrogens with zero attached hydrogens (tertiary/aromatic N) is 3. The SMILES string of the molecule is Cc1ccc(N=c2scc(-c3ccc4c(c3)NC(=O)CO4)n2N=CCC(C)C)cc1. The average molecular weight is 421 g/mol. The number of fused-ring (bicyclic) bond motifs is 1. The van der Waals surface area contributed by atoms with Crippen molar-refractivity contribution >= 4 is 34.8 Å². The fourth-order valence-electron chi connectivity index (χ4n) is 3.00. The van der Waals surface area contributed by atoms with Crippen molar-refractivity contribution in [3.8, 4) is 17.0 Å². The lowest BCUT2D eigenvalue weighted by Crippen LogP contribution is -2.25. The molecule has 0 unspecified atom stereocenters. The number of thiazole rings is 1. The quantitative estimate of drug-likeness (QED) is 0.592. The third-order valence-corrected chi connectivity index (χ3v) is 5.44. The van der Waals surface area contributed by atoms with Gasteiger partial charge in [0.15, 0.2) is 6.61 Å². The van der Waals surface area contributed by atoms with E-state index in [1.165, 1.54) is 16.9 Å². The van der Waals surface area contributed by atoms with Gasteiger partial charge in [-0.05, 0) is 49.6 Å².